The second kappa shape index (κ2) is 10.5. The molecule has 0 radical (unpaired) electrons. The minimum atomic E-state index is -0.0485. The lowest BCUT2D eigenvalue weighted by atomic mass is 10.2. The van der Waals surface area contributed by atoms with Crippen LogP contribution in [0.4, 0.5) is 5.13 Å². The molecule has 1 heterocycles. The summed E-state index contributed by atoms with van der Waals surface area (Å²) in [7, 11) is 4.02. The van der Waals surface area contributed by atoms with Crippen molar-refractivity contribution >= 4 is 32.6 Å². The Balaban J connectivity index is 1.86. The summed E-state index contributed by atoms with van der Waals surface area (Å²) in [6.07, 6.45) is 3.33. The lowest BCUT2D eigenvalue weighted by Gasteiger charge is -2.22. The van der Waals surface area contributed by atoms with Crippen LogP contribution in [0.25, 0.3) is 10.2 Å². The van der Waals surface area contributed by atoms with Crippen LogP contribution in [0.5, 0.6) is 5.75 Å². The maximum absolute atomic E-state index is 13.5. The molecule has 3 aromatic rings. The van der Waals surface area contributed by atoms with Gasteiger partial charge in [-0.25, -0.2) is 4.98 Å². The van der Waals surface area contributed by atoms with E-state index in [1.807, 2.05) is 44.4 Å². The lowest BCUT2D eigenvalue weighted by Crippen LogP contribution is -2.36. The van der Waals surface area contributed by atoms with Crippen molar-refractivity contribution in [2.75, 3.05) is 38.7 Å². The van der Waals surface area contributed by atoms with Crippen molar-refractivity contribution in [2.45, 2.75) is 33.1 Å². The van der Waals surface area contributed by atoms with E-state index in [1.165, 1.54) is 0 Å². The third-order valence-corrected chi connectivity index (χ3v) is 6.00. The fourth-order valence-corrected chi connectivity index (χ4v) is 4.26. The molecule has 0 aliphatic heterocycles. The number of unbranched alkanes of at least 4 members (excludes halogenated alkanes) is 2. The number of rotatable bonds is 10. The number of benzene rings is 2. The Morgan fingerprint density at radius 1 is 1.10 bits per heavy atom. The van der Waals surface area contributed by atoms with Crippen molar-refractivity contribution in [3.8, 4) is 5.75 Å². The minimum absolute atomic E-state index is 0.0485. The predicted octanol–water partition coefficient (Wildman–Crippen LogP) is 5.38. The molecule has 1 amide bonds. The Morgan fingerprint density at radius 3 is 2.63 bits per heavy atom. The quantitative estimate of drug-likeness (QED) is 0.409. The van der Waals surface area contributed by atoms with E-state index >= 15 is 0 Å². The zero-order chi connectivity index (χ0) is 21.5. The maximum atomic E-state index is 13.5. The summed E-state index contributed by atoms with van der Waals surface area (Å²) < 4.78 is 6.95. The standard InChI is InChI=1S/C24H31N3O2S/c1-5-6-7-16-29-20-12-9-11-19(17-20)23(28)27(15-14-26(3)4)24-25-22-18(2)10-8-13-21(22)30-24/h8-13,17H,5-7,14-16H2,1-4H3. The zero-order valence-electron chi connectivity index (χ0n) is 18.4. The normalized spacial score (nSPS) is 11.2. The first-order valence-electron chi connectivity index (χ1n) is 10.5. The van der Waals surface area contributed by atoms with E-state index in [2.05, 4.69) is 30.9 Å². The SMILES string of the molecule is CCCCCOc1cccc(C(=O)N(CCN(C)C)c2nc3c(C)cccc3s2)c1. The van der Waals surface area contributed by atoms with Crippen LogP contribution in [0.3, 0.4) is 0 Å². The van der Waals surface area contributed by atoms with Crippen LogP contribution >= 0.6 is 11.3 Å². The number of carbonyl (C=O) groups is 1. The van der Waals surface area contributed by atoms with Crippen molar-refractivity contribution in [1.82, 2.24) is 9.88 Å². The molecule has 0 atom stereocenters. The number of fused-ring (bicyclic) bond motifs is 1. The Labute approximate surface area is 183 Å². The highest BCUT2D eigenvalue weighted by molar-refractivity contribution is 7.22. The molecule has 0 saturated carbocycles. The highest BCUT2D eigenvalue weighted by Gasteiger charge is 2.22. The summed E-state index contributed by atoms with van der Waals surface area (Å²) in [4.78, 5) is 22.1. The number of carbonyl (C=O) groups excluding carboxylic acids is 1. The fraction of sp³-hybridized carbons (Fsp3) is 0.417. The molecular formula is C24H31N3O2S. The van der Waals surface area contributed by atoms with Crippen LogP contribution in [0.15, 0.2) is 42.5 Å². The highest BCUT2D eigenvalue weighted by Crippen LogP contribution is 2.31. The molecule has 0 spiro atoms. The molecule has 0 fully saturated rings. The number of ether oxygens (including phenoxy) is 1. The van der Waals surface area contributed by atoms with Crippen molar-refractivity contribution in [3.63, 3.8) is 0 Å². The molecule has 1 aromatic heterocycles. The Hall–Kier alpha value is -2.44. The largest absolute Gasteiger partial charge is 0.494 e. The Kier molecular flexibility index (Phi) is 7.82. The lowest BCUT2D eigenvalue weighted by molar-refractivity contribution is 0.0984. The van der Waals surface area contributed by atoms with Crippen LogP contribution in [0, 0.1) is 6.92 Å². The number of aromatic nitrogens is 1. The molecule has 6 heteroatoms. The number of aryl methyl sites for hydroxylation is 1. The molecule has 0 N–H and O–H groups in total. The summed E-state index contributed by atoms with van der Waals surface area (Å²) in [5, 5.41) is 0.736. The Bertz CT molecular complexity index is 983. The number of thiazole rings is 1. The molecule has 0 aliphatic rings. The first-order chi connectivity index (χ1) is 14.5. The van der Waals surface area contributed by atoms with Crippen LogP contribution in [-0.4, -0.2) is 49.6 Å². The van der Waals surface area contributed by atoms with Crippen LogP contribution in [0.1, 0.15) is 42.1 Å². The third-order valence-electron chi connectivity index (χ3n) is 4.95. The highest BCUT2D eigenvalue weighted by atomic mass is 32.1. The van der Waals surface area contributed by atoms with Gasteiger partial charge in [-0.1, -0.05) is 49.3 Å². The van der Waals surface area contributed by atoms with Crippen LogP contribution in [0.2, 0.25) is 0 Å². The molecule has 30 heavy (non-hydrogen) atoms. The third kappa shape index (κ3) is 5.58. The Morgan fingerprint density at radius 2 is 1.90 bits per heavy atom. The van der Waals surface area contributed by atoms with Crippen molar-refractivity contribution in [2.24, 2.45) is 0 Å². The van der Waals surface area contributed by atoms with Gasteiger partial charge < -0.3 is 9.64 Å². The van der Waals surface area contributed by atoms with Gasteiger partial charge in [-0.15, -0.1) is 0 Å². The van der Waals surface area contributed by atoms with Gasteiger partial charge >= 0.3 is 0 Å². The van der Waals surface area contributed by atoms with Gasteiger partial charge in [0.25, 0.3) is 5.91 Å². The summed E-state index contributed by atoms with van der Waals surface area (Å²) in [6, 6.07) is 13.6. The smallest absolute Gasteiger partial charge is 0.260 e. The summed E-state index contributed by atoms with van der Waals surface area (Å²) in [5.74, 6) is 0.692. The number of anilines is 1. The van der Waals surface area contributed by atoms with Gasteiger partial charge in [-0.05, 0) is 57.3 Å². The number of hydrogen-bond acceptors (Lipinski definition) is 5. The van der Waals surface area contributed by atoms with Gasteiger partial charge in [-0.3, -0.25) is 9.69 Å². The number of hydrogen-bond donors (Lipinski definition) is 0. The van der Waals surface area contributed by atoms with E-state index in [-0.39, 0.29) is 5.91 Å². The van der Waals surface area contributed by atoms with E-state index < -0.39 is 0 Å². The molecular weight excluding hydrogens is 394 g/mol. The van der Waals surface area contributed by atoms with Crippen LogP contribution < -0.4 is 9.64 Å². The van der Waals surface area contributed by atoms with Gasteiger partial charge in [0.15, 0.2) is 5.13 Å². The number of amides is 1. The molecule has 0 bridgehead atoms. The molecule has 3 rings (SSSR count). The summed E-state index contributed by atoms with van der Waals surface area (Å²) in [5.41, 5.74) is 2.71. The number of para-hydroxylation sites is 1. The van der Waals surface area contributed by atoms with E-state index in [0.717, 1.165) is 52.5 Å². The first kappa shape index (κ1) is 22.2. The van der Waals surface area contributed by atoms with Gasteiger partial charge in [0.2, 0.25) is 0 Å². The molecule has 5 nitrogen and oxygen atoms in total. The number of nitrogens with zero attached hydrogens (tertiary/aromatic N) is 3. The fourth-order valence-electron chi connectivity index (χ4n) is 3.19. The van der Waals surface area contributed by atoms with E-state index in [4.69, 9.17) is 9.72 Å². The molecule has 0 aliphatic carbocycles. The average Bonchev–Trinajstić information content (AvgIpc) is 3.16. The van der Waals surface area contributed by atoms with Gasteiger partial charge in [0.05, 0.1) is 16.8 Å². The van der Waals surface area contributed by atoms with Crippen molar-refractivity contribution in [3.05, 3.63) is 53.6 Å². The van der Waals surface area contributed by atoms with Gasteiger partial charge in [0.1, 0.15) is 5.75 Å². The molecule has 2 aromatic carbocycles. The van der Waals surface area contributed by atoms with Gasteiger partial charge in [0, 0.05) is 18.7 Å². The topological polar surface area (TPSA) is 45.7 Å². The van der Waals surface area contributed by atoms with E-state index in [0.29, 0.717) is 18.7 Å². The first-order valence-corrected chi connectivity index (χ1v) is 11.4. The minimum Gasteiger partial charge on any atom is -0.494 e. The molecule has 0 saturated heterocycles. The van der Waals surface area contributed by atoms with Crippen molar-refractivity contribution < 1.29 is 9.53 Å². The maximum Gasteiger partial charge on any atom is 0.260 e. The summed E-state index contributed by atoms with van der Waals surface area (Å²) >= 11 is 1.56. The van der Waals surface area contributed by atoms with E-state index in [9.17, 15) is 4.79 Å². The second-order valence-corrected chi connectivity index (χ2v) is 8.77. The molecule has 0 unspecified atom stereocenters. The predicted molar refractivity (Wildman–Crippen MR) is 126 cm³/mol. The zero-order valence-corrected chi connectivity index (χ0v) is 19.2. The average molecular weight is 426 g/mol. The van der Waals surface area contributed by atoms with Crippen molar-refractivity contribution in [1.29, 1.82) is 0 Å². The molecule has 160 valence electrons. The van der Waals surface area contributed by atoms with Gasteiger partial charge in [-0.2, -0.15) is 0 Å². The second-order valence-electron chi connectivity index (χ2n) is 7.76. The monoisotopic (exact) mass is 425 g/mol. The summed E-state index contributed by atoms with van der Waals surface area (Å²) in [6.45, 7) is 6.23. The van der Waals surface area contributed by atoms with Crippen LogP contribution in [-0.2, 0) is 0 Å². The van der Waals surface area contributed by atoms with E-state index in [1.54, 1.807) is 16.2 Å². The number of likely N-dealkylation sites (N-methyl/N-ethyl adjacent to an activating group) is 1.